The Balaban J connectivity index is 1.49. The monoisotopic (exact) mass is 508 g/mol. The number of benzene rings is 1. The molecule has 5 rings (SSSR count). The van der Waals surface area contributed by atoms with Crippen LogP contribution in [0.25, 0.3) is 11.3 Å². The minimum absolute atomic E-state index is 0.186. The predicted molar refractivity (Wildman–Crippen MR) is 133 cm³/mol. The maximum Gasteiger partial charge on any atom is 0.323 e. The number of urea groups is 1. The summed E-state index contributed by atoms with van der Waals surface area (Å²) in [6.45, 7) is 0.0580. The van der Waals surface area contributed by atoms with Gasteiger partial charge in [0.1, 0.15) is 17.5 Å². The Morgan fingerprint density at radius 3 is 2.61 bits per heavy atom. The highest BCUT2D eigenvalue weighted by Gasteiger charge is 2.48. The molecule has 2 N–H and O–H groups in total. The number of rotatable bonds is 5. The van der Waals surface area contributed by atoms with Crippen LogP contribution in [-0.2, 0) is 11.3 Å². The van der Waals surface area contributed by atoms with Crippen LogP contribution in [-0.4, -0.2) is 59.0 Å². The number of aromatic nitrogens is 2. The number of pyridine rings is 2. The molecule has 0 bridgehead atoms. The normalized spacial score (nSPS) is 17.6. The molecule has 4 heterocycles. The van der Waals surface area contributed by atoms with Gasteiger partial charge in [-0.15, -0.1) is 0 Å². The van der Waals surface area contributed by atoms with Crippen molar-refractivity contribution in [2.75, 3.05) is 20.8 Å². The van der Waals surface area contributed by atoms with Crippen LogP contribution in [0, 0.1) is 23.2 Å². The zero-order chi connectivity index (χ0) is 26.9. The molecule has 3 aromatic rings. The number of fused-ring (bicyclic) bond motifs is 1. The molecule has 0 aliphatic carbocycles. The molecular formula is C27H20N6O5. The summed E-state index contributed by atoms with van der Waals surface area (Å²) in [4.78, 5) is 48.3. The summed E-state index contributed by atoms with van der Waals surface area (Å²) in [5.74, 6) is 5.61. The highest BCUT2D eigenvalue weighted by Crippen LogP contribution is 2.29. The molecule has 0 radical (unpaired) electrons. The standard InChI is InChI=1S/C27H20N6O5/c1-37-19-6-4-17-14-33(24(34)20(17)11-19)15-27(25(35)31-26(36)32-27)10-9-22-23(38-2)8-7-21(30-22)16-3-5-18(12-28)29-13-16/h3-8,11,13H,14-15H2,1-2H3,(H2,31,32,35,36). The maximum atomic E-state index is 13.1. The summed E-state index contributed by atoms with van der Waals surface area (Å²) in [7, 11) is 2.97. The molecular weight excluding hydrogens is 488 g/mol. The average molecular weight is 508 g/mol. The Morgan fingerprint density at radius 1 is 1.11 bits per heavy atom. The minimum Gasteiger partial charge on any atom is -0.497 e. The summed E-state index contributed by atoms with van der Waals surface area (Å²) in [5.41, 5.74) is 1.16. The predicted octanol–water partition coefficient (Wildman–Crippen LogP) is 1.62. The molecule has 0 spiro atoms. The zero-order valence-electron chi connectivity index (χ0n) is 20.4. The minimum atomic E-state index is -1.71. The largest absolute Gasteiger partial charge is 0.497 e. The number of imide groups is 1. The molecule has 11 heteroatoms. The van der Waals surface area contributed by atoms with E-state index in [-0.39, 0.29) is 30.4 Å². The van der Waals surface area contributed by atoms with Gasteiger partial charge in [0.2, 0.25) is 5.54 Å². The van der Waals surface area contributed by atoms with Crippen LogP contribution in [0.15, 0.2) is 48.7 Å². The highest BCUT2D eigenvalue weighted by molar-refractivity contribution is 6.10. The molecule has 38 heavy (non-hydrogen) atoms. The molecule has 1 saturated heterocycles. The fraction of sp³-hybridized carbons (Fsp3) is 0.185. The van der Waals surface area contributed by atoms with Crippen LogP contribution in [0.4, 0.5) is 4.79 Å². The second kappa shape index (κ2) is 9.56. The number of carbonyl (C=O) groups excluding carboxylic acids is 3. The summed E-state index contributed by atoms with van der Waals surface area (Å²) in [5, 5.41) is 13.8. The van der Waals surface area contributed by atoms with E-state index in [4.69, 9.17) is 14.7 Å². The van der Waals surface area contributed by atoms with Crippen molar-refractivity contribution in [2.45, 2.75) is 12.1 Å². The maximum absolute atomic E-state index is 13.1. The smallest absolute Gasteiger partial charge is 0.323 e. The third kappa shape index (κ3) is 4.33. The fourth-order valence-corrected chi connectivity index (χ4v) is 4.25. The highest BCUT2D eigenvalue weighted by atomic mass is 16.5. The van der Waals surface area contributed by atoms with Gasteiger partial charge in [0.15, 0.2) is 11.4 Å². The number of amides is 4. The number of nitrogens with one attached hydrogen (secondary N) is 2. The molecule has 4 amide bonds. The molecule has 1 unspecified atom stereocenters. The lowest BCUT2D eigenvalue weighted by atomic mass is 9.99. The van der Waals surface area contributed by atoms with Crippen molar-refractivity contribution in [1.29, 1.82) is 5.26 Å². The molecule has 1 atom stereocenters. The van der Waals surface area contributed by atoms with Crippen LogP contribution in [0.2, 0.25) is 0 Å². The lowest BCUT2D eigenvalue weighted by Gasteiger charge is -2.26. The second-order valence-corrected chi connectivity index (χ2v) is 8.54. The van der Waals surface area contributed by atoms with Crippen LogP contribution in [0.1, 0.15) is 27.3 Å². The SMILES string of the molecule is COc1ccc2c(c1)C(=O)N(CC1(C#Cc3nc(-c4ccc(C#N)nc4)ccc3OC)NC(=O)NC1=O)C2. The van der Waals surface area contributed by atoms with Gasteiger partial charge >= 0.3 is 6.03 Å². The quantitative estimate of drug-likeness (QED) is 0.390. The van der Waals surface area contributed by atoms with Gasteiger partial charge in [-0.2, -0.15) is 5.26 Å². The molecule has 1 fully saturated rings. The van der Waals surface area contributed by atoms with Gasteiger partial charge in [-0.25, -0.2) is 14.8 Å². The molecule has 2 aromatic heterocycles. The first-order valence-electron chi connectivity index (χ1n) is 11.4. The van der Waals surface area contributed by atoms with E-state index < -0.39 is 17.5 Å². The van der Waals surface area contributed by atoms with E-state index in [0.717, 1.165) is 5.56 Å². The van der Waals surface area contributed by atoms with Gasteiger partial charge in [-0.1, -0.05) is 12.0 Å². The molecule has 2 aliphatic rings. The lowest BCUT2D eigenvalue weighted by Crippen LogP contribution is -2.54. The molecule has 1 aromatic carbocycles. The van der Waals surface area contributed by atoms with Crippen molar-refractivity contribution in [3.63, 3.8) is 0 Å². The first-order valence-corrected chi connectivity index (χ1v) is 11.4. The van der Waals surface area contributed by atoms with E-state index in [0.29, 0.717) is 28.3 Å². The van der Waals surface area contributed by atoms with Gasteiger partial charge < -0.3 is 19.7 Å². The number of hydrogen-bond acceptors (Lipinski definition) is 8. The Labute approximate surface area is 217 Å². The fourth-order valence-electron chi connectivity index (χ4n) is 4.25. The van der Waals surface area contributed by atoms with Gasteiger partial charge in [-0.05, 0) is 47.9 Å². The van der Waals surface area contributed by atoms with Crippen molar-refractivity contribution in [3.05, 3.63) is 71.2 Å². The first kappa shape index (κ1) is 24.3. The van der Waals surface area contributed by atoms with Crippen molar-refractivity contribution >= 4 is 17.8 Å². The summed E-state index contributed by atoms with van der Waals surface area (Å²) < 4.78 is 10.6. The van der Waals surface area contributed by atoms with E-state index in [1.54, 1.807) is 42.5 Å². The van der Waals surface area contributed by atoms with E-state index in [1.165, 1.54) is 25.3 Å². The Hall–Kier alpha value is -5.42. The molecule has 0 saturated carbocycles. The van der Waals surface area contributed by atoms with E-state index >= 15 is 0 Å². The number of carbonyl (C=O) groups is 3. The van der Waals surface area contributed by atoms with Crippen LogP contribution in [0.3, 0.4) is 0 Å². The number of ether oxygens (including phenoxy) is 2. The van der Waals surface area contributed by atoms with Crippen LogP contribution in [0.5, 0.6) is 11.5 Å². The molecule has 2 aliphatic heterocycles. The van der Waals surface area contributed by atoms with Crippen LogP contribution >= 0.6 is 0 Å². The number of nitriles is 1. The average Bonchev–Trinajstić information content (AvgIpc) is 3.40. The van der Waals surface area contributed by atoms with Gasteiger partial charge in [0.25, 0.3) is 11.8 Å². The Bertz CT molecular complexity index is 1580. The van der Waals surface area contributed by atoms with Crippen LogP contribution < -0.4 is 20.1 Å². The third-order valence-electron chi connectivity index (χ3n) is 6.21. The zero-order valence-corrected chi connectivity index (χ0v) is 20.4. The lowest BCUT2D eigenvalue weighted by molar-refractivity contribution is -0.122. The van der Waals surface area contributed by atoms with Gasteiger partial charge in [0.05, 0.1) is 26.5 Å². The number of hydrogen-bond donors (Lipinski definition) is 2. The Kier molecular flexibility index (Phi) is 6.11. The summed E-state index contributed by atoms with van der Waals surface area (Å²) in [6.07, 6.45) is 1.52. The van der Waals surface area contributed by atoms with Gasteiger partial charge in [0, 0.05) is 23.9 Å². The number of methoxy groups -OCH3 is 2. The first-order chi connectivity index (χ1) is 18.4. The number of nitrogens with zero attached hydrogens (tertiary/aromatic N) is 4. The van der Waals surface area contributed by atoms with E-state index in [1.807, 2.05) is 6.07 Å². The topological polar surface area (TPSA) is 147 Å². The summed E-state index contributed by atoms with van der Waals surface area (Å²) >= 11 is 0. The third-order valence-corrected chi connectivity index (χ3v) is 6.21. The van der Waals surface area contributed by atoms with E-state index in [9.17, 15) is 14.4 Å². The van der Waals surface area contributed by atoms with Gasteiger partial charge in [-0.3, -0.25) is 14.9 Å². The van der Waals surface area contributed by atoms with Crippen molar-refractivity contribution < 1.29 is 23.9 Å². The van der Waals surface area contributed by atoms with Crippen molar-refractivity contribution in [1.82, 2.24) is 25.5 Å². The molecule has 11 nitrogen and oxygen atoms in total. The van der Waals surface area contributed by atoms with Crippen molar-refractivity contribution in [3.8, 4) is 40.7 Å². The van der Waals surface area contributed by atoms with E-state index in [2.05, 4.69) is 32.4 Å². The second-order valence-electron chi connectivity index (χ2n) is 8.54. The molecule has 188 valence electrons. The summed E-state index contributed by atoms with van der Waals surface area (Å²) in [6, 6.07) is 13.1. The van der Waals surface area contributed by atoms with Crippen molar-refractivity contribution in [2.24, 2.45) is 0 Å². The Morgan fingerprint density at radius 2 is 1.95 bits per heavy atom.